The molecule has 0 atom stereocenters. The standard InChI is InChI=1S/C14H24N4O/c1-18-11-10-16-13(18)6-9-17-14(19)3-2-12-4-7-15-8-5-12/h10-12,15H,2-9H2,1H3,(H,17,19). The number of carbonyl (C=O) groups is 1. The first-order chi connectivity index (χ1) is 9.25. The smallest absolute Gasteiger partial charge is 0.220 e. The molecule has 5 nitrogen and oxygen atoms in total. The summed E-state index contributed by atoms with van der Waals surface area (Å²) < 4.78 is 1.99. The fourth-order valence-electron chi connectivity index (χ4n) is 2.55. The Morgan fingerprint density at radius 1 is 1.53 bits per heavy atom. The number of amides is 1. The minimum absolute atomic E-state index is 0.174. The molecular weight excluding hydrogens is 240 g/mol. The lowest BCUT2D eigenvalue weighted by Gasteiger charge is -2.22. The maximum Gasteiger partial charge on any atom is 0.220 e. The van der Waals surface area contributed by atoms with E-state index in [1.807, 2.05) is 17.8 Å². The Bertz CT molecular complexity index is 396. The van der Waals surface area contributed by atoms with Crippen LogP contribution in [-0.4, -0.2) is 35.1 Å². The molecule has 2 rings (SSSR count). The molecule has 1 amide bonds. The van der Waals surface area contributed by atoms with E-state index in [-0.39, 0.29) is 5.91 Å². The average molecular weight is 264 g/mol. The first-order valence-electron chi connectivity index (χ1n) is 7.19. The fourth-order valence-corrected chi connectivity index (χ4v) is 2.55. The summed E-state index contributed by atoms with van der Waals surface area (Å²) in [7, 11) is 1.97. The van der Waals surface area contributed by atoms with E-state index in [4.69, 9.17) is 0 Å². The van der Waals surface area contributed by atoms with Gasteiger partial charge in [0, 0.05) is 38.8 Å². The van der Waals surface area contributed by atoms with Crippen LogP contribution in [-0.2, 0) is 18.3 Å². The predicted molar refractivity (Wildman–Crippen MR) is 74.7 cm³/mol. The summed E-state index contributed by atoms with van der Waals surface area (Å²) in [5, 5.41) is 6.33. The monoisotopic (exact) mass is 264 g/mol. The number of nitrogens with one attached hydrogen (secondary N) is 2. The second-order valence-corrected chi connectivity index (χ2v) is 5.29. The SMILES string of the molecule is Cn1ccnc1CCNC(=O)CCC1CCNCC1. The van der Waals surface area contributed by atoms with Crippen LogP contribution in [0.5, 0.6) is 0 Å². The van der Waals surface area contributed by atoms with E-state index >= 15 is 0 Å². The van der Waals surface area contributed by atoms with Gasteiger partial charge in [-0.15, -0.1) is 0 Å². The van der Waals surface area contributed by atoms with Gasteiger partial charge in [-0.05, 0) is 38.3 Å². The van der Waals surface area contributed by atoms with Gasteiger partial charge in [0.15, 0.2) is 0 Å². The molecule has 2 heterocycles. The van der Waals surface area contributed by atoms with Crippen molar-refractivity contribution in [1.82, 2.24) is 20.2 Å². The molecule has 5 heteroatoms. The van der Waals surface area contributed by atoms with E-state index in [1.165, 1.54) is 12.8 Å². The average Bonchev–Trinajstić information content (AvgIpc) is 2.83. The van der Waals surface area contributed by atoms with Gasteiger partial charge in [-0.25, -0.2) is 4.98 Å². The van der Waals surface area contributed by atoms with Gasteiger partial charge in [-0.2, -0.15) is 0 Å². The normalized spacial score (nSPS) is 16.5. The second kappa shape index (κ2) is 7.28. The molecule has 1 fully saturated rings. The van der Waals surface area contributed by atoms with E-state index in [1.54, 1.807) is 6.20 Å². The van der Waals surface area contributed by atoms with Gasteiger partial charge in [-0.1, -0.05) is 0 Å². The summed E-state index contributed by atoms with van der Waals surface area (Å²) in [6.45, 7) is 2.88. The Labute approximate surface area is 114 Å². The van der Waals surface area contributed by atoms with Crippen molar-refractivity contribution in [2.24, 2.45) is 13.0 Å². The molecule has 0 unspecified atom stereocenters. The van der Waals surface area contributed by atoms with Crippen LogP contribution >= 0.6 is 0 Å². The third-order valence-electron chi connectivity index (χ3n) is 3.83. The molecule has 1 aromatic rings. The summed E-state index contributed by atoms with van der Waals surface area (Å²) in [5.41, 5.74) is 0. The number of imidazole rings is 1. The number of hydrogen-bond donors (Lipinski definition) is 2. The summed E-state index contributed by atoms with van der Waals surface area (Å²) in [4.78, 5) is 16.0. The maximum absolute atomic E-state index is 11.7. The van der Waals surface area contributed by atoms with Crippen LogP contribution in [0.25, 0.3) is 0 Å². The lowest BCUT2D eigenvalue weighted by atomic mass is 9.93. The lowest BCUT2D eigenvalue weighted by molar-refractivity contribution is -0.121. The summed E-state index contributed by atoms with van der Waals surface area (Å²) in [5.74, 6) is 1.91. The Morgan fingerprint density at radius 3 is 3.00 bits per heavy atom. The molecule has 0 spiro atoms. The Kier molecular flexibility index (Phi) is 5.39. The highest BCUT2D eigenvalue weighted by molar-refractivity contribution is 5.75. The quantitative estimate of drug-likeness (QED) is 0.801. The van der Waals surface area contributed by atoms with Gasteiger partial charge < -0.3 is 15.2 Å². The van der Waals surface area contributed by atoms with Crippen LogP contribution < -0.4 is 10.6 Å². The summed E-state index contributed by atoms with van der Waals surface area (Å²) in [6, 6.07) is 0. The van der Waals surface area contributed by atoms with Gasteiger partial charge in [0.1, 0.15) is 5.82 Å². The highest BCUT2D eigenvalue weighted by Gasteiger charge is 2.14. The van der Waals surface area contributed by atoms with Crippen molar-refractivity contribution in [3.05, 3.63) is 18.2 Å². The topological polar surface area (TPSA) is 59.0 Å². The van der Waals surface area contributed by atoms with Crippen LogP contribution in [0.3, 0.4) is 0 Å². The number of nitrogens with zero attached hydrogens (tertiary/aromatic N) is 2. The zero-order chi connectivity index (χ0) is 13.5. The van der Waals surface area contributed by atoms with E-state index < -0.39 is 0 Å². The van der Waals surface area contributed by atoms with Gasteiger partial charge in [0.2, 0.25) is 5.91 Å². The van der Waals surface area contributed by atoms with Crippen LogP contribution in [0.2, 0.25) is 0 Å². The number of aryl methyl sites for hydroxylation is 1. The number of hydrogen-bond acceptors (Lipinski definition) is 3. The Hall–Kier alpha value is -1.36. The molecule has 0 aliphatic carbocycles. The number of rotatable bonds is 6. The van der Waals surface area contributed by atoms with Crippen molar-refractivity contribution >= 4 is 5.91 Å². The summed E-state index contributed by atoms with van der Waals surface area (Å²) in [6.07, 6.45) is 8.60. The molecular formula is C14H24N4O. The predicted octanol–water partition coefficient (Wildman–Crippen LogP) is 0.859. The molecule has 106 valence electrons. The van der Waals surface area contributed by atoms with Crippen molar-refractivity contribution in [2.45, 2.75) is 32.1 Å². The molecule has 1 saturated heterocycles. The molecule has 0 radical (unpaired) electrons. The maximum atomic E-state index is 11.7. The van der Waals surface area contributed by atoms with E-state index in [0.29, 0.717) is 13.0 Å². The van der Waals surface area contributed by atoms with E-state index in [9.17, 15) is 4.79 Å². The molecule has 2 N–H and O–H groups in total. The van der Waals surface area contributed by atoms with Gasteiger partial charge in [0.05, 0.1) is 0 Å². The van der Waals surface area contributed by atoms with E-state index in [0.717, 1.165) is 37.7 Å². The number of carbonyl (C=O) groups excluding carboxylic acids is 1. The van der Waals surface area contributed by atoms with Crippen molar-refractivity contribution in [2.75, 3.05) is 19.6 Å². The molecule has 19 heavy (non-hydrogen) atoms. The summed E-state index contributed by atoms with van der Waals surface area (Å²) >= 11 is 0. The largest absolute Gasteiger partial charge is 0.356 e. The first kappa shape index (κ1) is 14.1. The van der Waals surface area contributed by atoms with Crippen molar-refractivity contribution in [1.29, 1.82) is 0 Å². The molecule has 0 aromatic carbocycles. The van der Waals surface area contributed by atoms with Crippen molar-refractivity contribution in [3.8, 4) is 0 Å². The van der Waals surface area contributed by atoms with Gasteiger partial charge in [-0.3, -0.25) is 4.79 Å². The zero-order valence-corrected chi connectivity index (χ0v) is 11.7. The van der Waals surface area contributed by atoms with Crippen LogP contribution in [0, 0.1) is 5.92 Å². The molecule has 1 aliphatic heterocycles. The molecule has 0 saturated carbocycles. The third-order valence-corrected chi connectivity index (χ3v) is 3.83. The highest BCUT2D eigenvalue weighted by atomic mass is 16.1. The first-order valence-corrected chi connectivity index (χ1v) is 7.19. The fraction of sp³-hybridized carbons (Fsp3) is 0.714. The third kappa shape index (κ3) is 4.67. The van der Waals surface area contributed by atoms with Crippen molar-refractivity contribution < 1.29 is 4.79 Å². The van der Waals surface area contributed by atoms with Gasteiger partial charge >= 0.3 is 0 Å². The van der Waals surface area contributed by atoms with Crippen LogP contribution in [0.4, 0.5) is 0 Å². The van der Waals surface area contributed by atoms with Crippen LogP contribution in [0.1, 0.15) is 31.5 Å². The lowest BCUT2D eigenvalue weighted by Crippen LogP contribution is -2.30. The van der Waals surface area contributed by atoms with Gasteiger partial charge in [0.25, 0.3) is 0 Å². The molecule has 0 bridgehead atoms. The zero-order valence-electron chi connectivity index (χ0n) is 11.7. The van der Waals surface area contributed by atoms with Crippen molar-refractivity contribution in [3.63, 3.8) is 0 Å². The number of piperidine rings is 1. The minimum Gasteiger partial charge on any atom is -0.356 e. The molecule has 1 aromatic heterocycles. The Morgan fingerprint density at radius 2 is 2.32 bits per heavy atom. The van der Waals surface area contributed by atoms with Crippen LogP contribution in [0.15, 0.2) is 12.4 Å². The Balaban J connectivity index is 1.58. The van der Waals surface area contributed by atoms with E-state index in [2.05, 4.69) is 15.6 Å². The molecule has 1 aliphatic rings. The highest BCUT2D eigenvalue weighted by Crippen LogP contribution is 2.17. The number of aromatic nitrogens is 2. The second-order valence-electron chi connectivity index (χ2n) is 5.29. The minimum atomic E-state index is 0.174.